The van der Waals surface area contributed by atoms with Gasteiger partial charge in [-0.05, 0) is 32.9 Å². The molecule has 1 heterocycles. The van der Waals surface area contributed by atoms with Gasteiger partial charge in [0.15, 0.2) is 0 Å². The van der Waals surface area contributed by atoms with E-state index in [-0.39, 0.29) is 17.9 Å². The Bertz CT molecular complexity index is 737. The molecule has 0 aliphatic heterocycles. The zero-order chi connectivity index (χ0) is 16.1. The number of hydrogen-bond acceptors (Lipinski definition) is 6. The first kappa shape index (κ1) is 15.9. The summed E-state index contributed by atoms with van der Waals surface area (Å²) in [6, 6.07) is 5.30. The molecule has 22 heavy (non-hydrogen) atoms. The molecule has 1 aromatic heterocycles. The number of anilines is 2. The Balaban J connectivity index is 2.71. The molecule has 1 aromatic carbocycles. The van der Waals surface area contributed by atoms with Gasteiger partial charge >= 0.3 is 11.6 Å². The van der Waals surface area contributed by atoms with Gasteiger partial charge in [0.1, 0.15) is 16.8 Å². The molecule has 6 heteroatoms. The predicted molar refractivity (Wildman–Crippen MR) is 86.8 cm³/mol. The highest BCUT2D eigenvalue weighted by Crippen LogP contribution is 2.26. The van der Waals surface area contributed by atoms with Gasteiger partial charge < -0.3 is 19.8 Å². The monoisotopic (exact) mass is 304 g/mol. The molecule has 0 radical (unpaired) electrons. The first-order chi connectivity index (χ1) is 10.6. The van der Waals surface area contributed by atoms with Crippen LogP contribution in [0.5, 0.6) is 0 Å². The lowest BCUT2D eigenvalue weighted by Crippen LogP contribution is -2.18. The third-order valence-electron chi connectivity index (χ3n) is 3.12. The van der Waals surface area contributed by atoms with Crippen molar-refractivity contribution in [2.45, 2.75) is 20.8 Å². The third-order valence-corrected chi connectivity index (χ3v) is 3.12. The van der Waals surface area contributed by atoms with Crippen LogP contribution in [0.25, 0.3) is 11.0 Å². The minimum atomic E-state index is -0.578. The van der Waals surface area contributed by atoms with Gasteiger partial charge in [-0.3, -0.25) is 0 Å². The molecular weight excluding hydrogens is 284 g/mol. The van der Waals surface area contributed by atoms with Crippen molar-refractivity contribution < 1.29 is 13.9 Å². The van der Waals surface area contributed by atoms with Gasteiger partial charge in [-0.25, -0.2) is 9.59 Å². The second-order valence-corrected chi connectivity index (χ2v) is 4.63. The number of carbonyl (C=O) groups excluding carboxylic acids is 1. The fourth-order valence-electron chi connectivity index (χ4n) is 2.27. The number of rotatable bonds is 6. The van der Waals surface area contributed by atoms with Crippen LogP contribution in [0, 0.1) is 0 Å². The maximum absolute atomic E-state index is 12.3. The Kier molecular flexibility index (Phi) is 5.04. The number of benzene rings is 1. The van der Waals surface area contributed by atoms with E-state index < -0.39 is 11.6 Å². The lowest BCUT2D eigenvalue weighted by molar-refractivity contribution is 0.0529. The molecule has 0 unspecified atom stereocenters. The summed E-state index contributed by atoms with van der Waals surface area (Å²) in [6.45, 7) is 7.02. The largest absolute Gasteiger partial charge is 0.462 e. The summed E-state index contributed by atoms with van der Waals surface area (Å²) < 4.78 is 10.4. The van der Waals surface area contributed by atoms with Crippen molar-refractivity contribution in [3.8, 4) is 0 Å². The molecule has 0 saturated heterocycles. The molecule has 2 N–H and O–H groups in total. The van der Waals surface area contributed by atoms with Crippen LogP contribution in [0.3, 0.4) is 0 Å². The highest BCUT2D eigenvalue weighted by atomic mass is 16.5. The summed E-state index contributed by atoms with van der Waals surface area (Å²) in [7, 11) is 0. The van der Waals surface area contributed by atoms with Crippen LogP contribution in [0.1, 0.15) is 31.1 Å². The summed E-state index contributed by atoms with van der Waals surface area (Å²) in [5.74, 6) is -0.535. The maximum atomic E-state index is 12.3. The van der Waals surface area contributed by atoms with E-state index in [9.17, 15) is 9.59 Å². The zero-order valence-electron chi connectivity index (χ0n) is 13.0. The van der Waals surface area contributed by atoms with Crippen molar-refractivity contribution in [3.63, 3.8) is 0 Å². The van der Waals surface area contributed by atoms with Crippen LogP contribution in [-0.2, 0) is 4.74 Å². The molecule has 0 amide bonds. The minimum Gasteiger partial charge on any atom is -0.462 e. The number of fused-ring (bicyclic) bond motifs is 1. The van der Waals surface area contributed by atoms with Crippen molar-refractivity contribution in [1.82, 2.24) is 0 Å². The van der Waals surface area contributed by atoms with Gasteiger partial charge in [-0.1, -0.05) is 0 Å². The van der Waals surface area contributed by atoms with Crippen LogP contribution in [0.4, 0.5) is 11.4 Å². The van der Waals surface area contributed by atoms with E-state index >= 15 is 0 Å². The van der Waals surface area contributed by atoms with E-state index in [0.717, 1.165) is 12.2 Å². The number of nitrogens with one attached hydrogen (secondary N) is 2. The van der Waals surface area contributed by atoms with Crippen molar-refractivity contribution >= 4 is 28.3 Å². The fourth-order valence-corrected chi connectivity index (χ4v) is 2.27. The first-order valence-corrected chi connectivity index (χ1v) is 7.38. The topological polar surface area (TPSA) is 80.6 Å². The van der Waals surface area contributed by atoms with E-state index in [1.54, 1.807) is 19.1 Å². The van der Waals surface area contributed by atoms with Gasteiger partial charge in [0.25, 0.3) is 0 Å². The molecule has 0 atom stereocenters. The summed E-state index contributed by atoms with van der Waals surface area (Å²) in [4.78, 5) is 24.4. The van der Waals surface area contributed by atoms with Gasteiger partial charge in [0, 0.05) is 30.2 Å². The molecule has 0 spiro atoms. The summed E-state index contributed by atoms with van der Waals surface area (Å²) in [6.07, 6.45) is 0. The van der Waals surface area contributed by atoms with Crippen molar-refractivity contribution in [2.75, 3.05) is 30.3 Å². The van der Waals surface area contributed by atoms with E-state index in [0.29, 0.717) is 17.5 Å². The number of esters is 1. The van der Waals surface area contributed by atoms with E-state index in [1.807, 2.05) is 19.9 Å². The van der Waals surface area contributed by atoms with E-state index in [1.165, 1.54) is 0 Å². The summed E-state index contributed by atoms with van der Waals surface area (Å²) >= 11 is 0. The van der Waals surface area contributed by atoms with Crippen LogP contribution in [0.15, 0.2) is 27.4 Å². The van der Waals surface area contributed by atoms with Gasteiger partial charge in [0.2, 0.25) is 0 Å². The number of hydrogen-bond donors (Lipinski definition) is 2. The Hall–Kier alpha value is -2.50. The molecule has 2 aromatic rings. The van der Waals surface area contributed by atoms with Crippen molar-refractivity contribution in [3.05, 3.63) is 34.2 Å². The zero-order valence-corrected chi connectivity index (χ0v) is 13.0. The fraction of sp³-hybridized carbons (Fsp3) is 0.375. The smallest absolute Gasteiger partial charge is 0.360 e. The van der Waals surface area contributed by atoms with Gasteiger partial charge in [0.05, 0.1) is 6.61 Å². The molecule has 0 aliphatic rings. The SMILES string of the molecule is CCNc1ccc2c(C(=O)OCC)c(NCC)c(=O)oc2c1. The molecule has 0 fully saturated rings. The van der Waals surface area contributed by atoms with Gasteiger partial charge in [-0.15, -0.1) is 0 Å². The second-order valence-electron chi connectivity index (χ2n) is 4.63. The first-order valence-electron chi connectivity index (χ1n) is 7.38. The van der Waals surface area contributed by atoms with Crippen molar-refractivity contribution in [1.29, 1.82) is 0 Å². The Morgan fingerprint density at radius 1 is 1.18 bits per heavy atom. The van der Waals surface area contributed by atoms with Crippen LogP contribution in [0.2, 0.25) is 0 Å². The molecule has 2 rings (SSSR count). The normalized spacial score (nSPS) is 10.5. The van der Waals surface area contributed by atoms with E-state index in [4.69, 9.17) is 9.15 Å². The Morgan fingerprint density at radius 2 is 1.91 bits per heavy atom. The Labute approximate surface area is 128 Å². The average molecular weight is 304 g/mol. The molecular formula is C16H20N2O4. The van der Waals surface area contributed by atoms with Crippen LogP contribution < -0.4 is 16.3 Å². The van der Waals surface area contributed by atoms with Crippen LogP contribution in [-0.4, -0.2) is 25.7 Å². The molecule has 0 aliphatic carbocycles. The van der Waals surface area contributed by atoms with Gasteiger partial charge in [-0.2, -0.15) is 0 Å². The highest BCUT2D eigenvalue weighted by Gasteiger charge is 2.21. The minimum absolute atomic E-state index is 0.143. The quantitative estimate of drug-likeness (QED) is 0.631. The highest BCUT2D eigenvalue weighted by molar-refractivity contribution is 6.08. The molecule has 0 bridgehead atoms. The summed E-state index contributed by atoms with van der Waals surface area (Å²) in [5.41, 5.74) is 0.964. The van der Waals surface area contributed by atoms with E-state index in [2.05, 4.69) is 10.6 Å². The second kappa shape index (κ2) is 6.98. The number of ether oxygens (including phenoxy) is 1. The Morgan fingerprint density at radius 3 is 2.55 bits per heavy atom. The predicted octanol–water partition coefficient (Wildman–Crippen LogP) is 2.83. The lowest BCUT2D eigenvalue weighted by atomic mass is 10.1. The third kappa shape index (κ3) is 3.05. The van der Waals surface area contributed by atoms with Crippen molar-refractivity contribution in [2.24, 2.45) is 0 Å². The lowest BCUT2D eigenvalue weighted by Gasteiger charge is -2.12. The van der Waals surface area contributed by atoms with Crippen LogP contribution >= 0.6 is 0 Å². The maximum Gasteiger partial charge on any atom is 0.360 e. The standard InChI is InChI=1S/C16H20N2O4/c1-4-17-10-7-8-11-12(9-10)22-16(20)14(18-5-2)13(11)15(19)21-6-3/h7-9,17-18H,4-6H2,1-3H3. The molecule has 6 nitrogen and oxygen atoms in total. The molecule has 118 valence electrons. The number of carbonyl (C=O) groups is 1. The average Bonchev–Trinajstić information content (AvgIpc) is 2.48. The summed E-state index contributed by atoms with van der Waals surface area (Å²) in [5, 5.41) is 6.58. The molecule has 0 saturated carbocycles.